The van der Waals surface area contributed by atoms with E-state index in [9.17, 15) is 0 Å². The molecule has 1 aliphatic carbocycles. The predicted molar refractivity (Wildman–Crippen MR) is 162 cm³/mol. The molecule has 2 aromatic heterocycles. The number of nitrogens with zero attached hydrogens (tertiary/aromatic N) is 2. The van der Waals surface area contributed by atoms with Crippen molar-refractivity contribution in [3.63, 3.8) is 0 Å². The first-order valence-electron chi connectivity index (χ1n) is 13.4. The Morgan fingerprint density at radius 1 is 0.789 bits per heavy atom. The summed E-state index contributed by atoms with van der Waals surface area (Å²) >= 11 is 0. The van der Waals surface area contributed by atoms with E-state index in [-0.39, 0.29) is 0 Å². The largest absolute Gasteiger partial charge is 0.310 e. The number of aromatic nitrogens is 2. The van der Waals surface area contributed by atoms with Crippen LogP contribution in [0, 0.1) is 13.8 Å². The topological polar surface area (TPSA) is 17.8 Å². The monoisotopic (exact) mass is 492 g/mol. The number of benzene rings is 3. The molecule has 186 valence electrons. The molecule has 0 atom stereocenters. The number of fused-ring (bicyclic) bond motifs is 1. The number of pyridine rings is 1. The fourth-order valence-corrected chi connectivity index (χ4v) is 5.55. The molecule has 0 radical (unpaired) electrons. The van der Waals surface area contributed by atoms with E-state index in [2.05, 4.69) is 141 Å². The predicted octanol–water partition coefficient (Wildman–Crippen LogP) is 9.74. The van der Waals surface area contributed by atoms with Crippen molar-refractivity contribution in [1.82, 2.24) is 9.55 Å². The molecule has 0 unspecified atom stereocenters. The molecule has 0 saturated heterocycles. The summed E-state index contributed by atoms with van der Waals surface area (Å²) in [6, 6.07) is 30.6. The maximum atomic E-state index is 5.12. The Bertz CT molecular complexity index is 1730. The van der Waals surface area contributed by atoms with Crippen LogP contribution in [0.5, 0.6) is 0 Å². The van der Waals surface area contributed by atoms with Gasteiger partial charge in [0.25, 0.3) is 0 Å². The van der Waals surface area contributed by atoms with Gasteiger partial charge in [-0.1, -0.05) is 78.9 Å². The zero-order chi connectivity index (χ0) is 26.1. The summed E-state index contributed by atoms with van der Waals surface area (Å²) in [5.74, 6) is 0. The van der Waals surface area contributed by atoms with E-state index in [4.69, 9.17) is 4.98 Å². The molecule has 0 fully saturated rings. The van der Waals surface area contributed by atoms with E-state index in [0.29, 0.717) is 0 Å². The van der Waals surface area contributed by atoms with Gasteiger partial charge in [-0.15, -0.1) is 0 Å². The van der Waals surface area contributed by atoms with Crippen LogP contribution in [-0.4, -0.2) is 9.55 Å². The van der Waals surface area contributed by atoms with Gasteiger partial charge in [0.2, 0.25) is 0 Å². The average molecular weight is 493 g/mol. The van der Waals surface area contributed by atoms with E-state index in [0.717, 1.165) is 29.8 Å². The molecule has 0 bridgehead atoms. The fraction of sp³-hybridized carbons (Fsp3) is 0.139. The highest BCUT2D eigenvalue weighted by Crippen LogP contribution is 2.35. The summed E-state index contributed by atoms with van der Waals surface area (Å²) < 4.78 is 2.40. The van der Waals surface area contributed by atoms with Crippen LogP contribution in [-0.2, 0) is 0 Å². The Balaban J connectivity index is 1.57. The number of rotatable bonds is 5. The maximum Gasteiger partial charge on any atom is 0.0715 e. The quantitative estimate of drug-likeness (QED) is 0.239. The van der Waals surface area contributed by atoms with Crippen LogP contribution in [0.2, 0.25) is 0 Å². The average Bonchev–Trinajstić information content (AvgIpc) is 3.25. The molecular weight excluding hydrogens is 460 g/mol. The summed E-state index contributed by atoms with van der Waals surface area (Å²) in [7, 11) is 0. The molecule has 2 heteroatoms. The number of hydrogen-bond acceptors (Lipinski definition) is 1. The van der Waals surface area contributed by atoms with E-state index >= 15 is 0 Å². The van der Waals surface area contributed by atoms with Crippen LogP contribution >= 0.6 is 0 Å². The first-order valence-corrected chi connectivity index (χ1v) is 13.4. The highest BCUT2D eigenvalue weighted by atomic mass is 15.0. The number of allylic oxidation sites excluding steroid dienone is 5. The smallest absolute Gasteiger partial charge is 0.0715 e. The summed E-state index contributed by atoms with van der Waals surface area (Å²) in [6.45, 7) is 6.50. The third-order valence-electron chi connectivity index (χ3n) is 7.39. The molecule has 3 aromatic carbocycles. The van der Waals surface area contributed by atoms with Crippen LogP contribution in [0.1, 0.15) is 42.3 Å². The third kappa shape index (κ3) is 4.43. The fourth-order valence-electron chi connectivity index (χ4n) is 5.55. The van der Waals surface area contributed by atoms with E-state index < -0.39 is 0 Å². The van der Waals surface area contributed by atoms with Gasteiger partial charge < -0.3 is 4.57 Å². The summed E-state index contributed by atoms with van der Waals surface area (Å²) in [5.41, 5.74) is 13.1. The Morgan fingerprint density at radius 3 is 2.34 bits per heavy atom. The lowest BCUT2D eigenvalue weighted by molar-refractivity contribution is 1.04. The van der Waals surface area contributed by atoms with Crippen LogP contribution in [0.4, 0.5) is 0 Å². The van der Waals surface area contributed by atoms with Crippen molar-refractivity contribution in [3.05, 3.63) is 132 Å². The SMILES string of the molecule is C/C=C\c1c(C)c2ccccc2n1-c1cc(C)cc(-c2cc(C3=CC=CCC3)nc(-c3ccccc3)c2)c1. The number of hydrogen-bond donors (Lipinski definition) is 0. The summed E-state index contributed by atoms with van der Waals surface area (Å²) in [4.78, 5) is 5.12. The number of para-hydroxylation sites is 1. The molecule has 0 aliphatic heterocycles. The van der Waals surface area contributed by atoms with Crippen molar-refractivity contribution in [3.8, 4) is 28.1 Å². The molecule has 2 heterocycles. The van der Waals surface area contributed by atoms with Crippen molar-refractivity contribution < 1.29 is 0 Å². The first kappa shape index (κ1) is 23.9. The Hall–Kier alpha value is -4.43. The molecule has 38 heavy (non-hydrogen) atoms. The lowest BCUT2D eigenvalue weighted by Crippen LogP contribution is -2.00. The van der Waals surface area contributed by atoms with Crippen molar-refractivity contribution >= 4 is 22.6 Å². The van der Waals surface area contributed by atoms with Crippen molar-refractivity contribution in [2.75, 3.05) is 0 Å². The highest BCUT2D eigenvalue weighted by molar-refractivity contribution is 5.90. The summed E-state index contributed by atoms with van der Waals surface area (Å²) in [5, 5.41) is 1.29. The van der Waals surface area contributed by atoms with Crippen molar-refractivity contribution in [1.29, 1.82) is 0 Å². The Kier molecular flexibility index (Phi) is 6.39. The first-order chi connectivity index (χ1) is 18.6. The van der Waals surface area contributed by atoms with Gasteiger partial charge in [0.15, 0.2) is 0 Å². The molecule has 5 aromatic rings. The van der Waals surface area contributed by atoms with Gasteiger partial charge in [0.1, 0.15) is 0 Å². The summed E-state index contributed by atoms with van der Waals surface area (Å²) in [6.07, 6.45) is 13.0. The van der Waals surface area contributed by atoms with Gasteiger partial charge in [0.05, 0.1) is 16.9 Å². The van der Waals surface area contributed by atoms with E-state index in [1.807, 2.05) is 0 Å². The third-order valence-corrected chi connectivity index (χ3v) is 7.39. The van der Waals surface area contributed by atoms with Gasteiger partial charge in [-0.05, 0) is 97.8 Å². The Morgan fingerprint density at radius 2 is 1.55 bits per heavy atom. The number of aryl methyl sites for hydroxylation is 2. The molecule has 2 nitrogen and oxygen atoms in total. The van der Waals surface area contributed by atoms with E-state index in [1.54, 1.807) is 0 Å². The van der Waals surface area contributed by atoms with Crippen LogP contribution in [0.3, 0.4) is 0 Å². The van der Waals surface area contributed by atoms with Gasteiger partial charge in [-0.25, -0.2) is 4.98 Å². The highest BCUT2D eigenvalue weighted by Gasteiger charge is 2.16. The van der Waals surface area contributed by atoms with Gasteiger partial charge in [-0.2, -0.15) is 0 Å². The van der Waals surface area contributed by atoms with Gasteiger partial charge in [0, 0.05) is 22.3 Å². The zero-order valence-electron chi connectivity index (χ0n) is 22.3. The molecule has 6 rings (SSSR count). The minimum atomic E-state index is 1.01. The molecule has 1 aliphatic rings. The maximum absolute atomic E-state index is 5.12. The van der Waals surface area contributed by atoms with Crippen molar-refractivity contribution in [2.45, 2.75) is 33.6 Å². The lowest BCUT2D eigenvalue weighted by Gasteiger charge is -2.16. The molecule has 0 saturated carbocycles. The lowest BCUT2D eigenvalue weighted by atomic mass is 9.95. The second kappa shape index (κ2) is 10.1. The molecule has 0 spiro atoms. The zero-order valence-corrected chi connectivity index (χ0v) is 22.3. The second-order valence-electron chi connectivity index (χ2n) is 10.1. The Labute approximate surface area is 225 Å². The minimum Gasteiger partial charge on any atom is -0.310 e. The van der Waals surface area contributed by atoms with Gasteiger partial charge >= 0.3 is 0 Å². The van der Waals surface area contributed by atoms with Gasteiger partial charge in [-0.3, -0.25) is 0 Å². The van der Waals surface area contributed by atoms with Crippen LogP contribution < -0.4 is 0 Å². The normalized spacial score (nSPS) is 13.4. The standard InChI is InChI=1S/C36H32N2/c1-4-13-35-26(3)32-18-11-12-19-36(32)38(35)31-21-25(2)20-29(22-31)30-23-33(27-14-7-5-8-15-27)37-34(24-30)28-16-9-6-10-17-28/h4-9,11-16,18-24H,10,17H2,1-3H3/b13-4-. The minimum absolute atomic E-state index is 1.01. The van der Waals surface area contributed by atoms with Crippen LogP contribution in [0.25, 0.3) is 50.6 Å². The second-order valence-corrected chi connectivity index (χ2v) is 10.1. The molecular formula is C36H32N2. The van der Waals surface area contributed by atoms with Crippen LogP contribution in [0.15, 0.2) is 109 Å². The molecule has 0 N–H and O–H groups in total. The van der Waals surface area contributed by atoms with E-state index in [1.165, 1.54) is 50.1 Å². The molecule has 0 amide bonds. The van der Waals surface area contributed by atoms with Crippen molar-refractivity contribution in [2.24, 2.45) is 0 Å².